The van der Waals surface area contributed by atoms with Crippen LogP contribution in [0.15, 0.2) is 30.3 Å². The van der Waals surface area contributed by atoms with Crippen molar-refractivity contribution in [2.75, 3.05) is 0 Å². The lowest BCUT2D eigenvalue weighted by molar-refractivity contribution is -0.137. The van der Waals surface area contributed by atoms with Crippen LogP contribution in [-0.4, -0.2) is 23.0 Å². The van der Waals surface area contributed by atoms with Crippen LogP contribution < -0.4 is 5.32 Å². The number of carboxylic acid groups (broad SMARTS) is 1. The molecule has 0 spiro atoms. The highest BCUT2D eigenvalue weighted by Crippen LogP contribution is 2.34. The Morgan fingerprint density at radius 2 is 1.94 bits per heavy atom. The van der Waals surface area contributed by atoms with Gasteiger partial charge in [0.05, 0.1) is 6.42 Å². The summed E-state index contributed by atoms with van der Waals surface area (Å²) in [6, 6.07) is 8.63. The number of benzene rings is 1. The summed E-state index contributed by atoms with van der Waals surface area (Å²) in [4.78, 5) is 22.6. The first kappa shape index (κ1) is 11.6. The quantitative estimate of drug-likeness (QED) is 0.813. The van der Waals surface area contributed by atoms with E-state index in [-0.39, 0.29) is 18.4 Å². The van der Waals surface area contributed by atoms with Gasteiger partial charge in [0.25, 0.3) is 5.91 Å². The average Bonchev–Trinajstić information content (AvgIpc) is 3.12. The summed E-state index contributed by atoms with van der Waals surface area (Å²) in [5.41, 5.74) is 0.573. The van der Waals surface area contributed by atoms with Gasteiger partial charge in [0.15, 0.2) is 0 Å². The topological polar surface area (TPSA) is 66.4 Å². The first-order chi connectivity index (χ1) is 8.16. The van der Waals surface area contributed by atoms with Gasteiger partial charge in [0.2, 0.25) is 0 Å². The molecule has 1 atom stereocenters. The zero-order valence-electron chi connectivity index (χ0n) is 9.43. The Hall–Kier alpha value is -1.84. The normalized spacial score (nSPS) is 16.2. The van der Waals surface area contributed by atoms with Gasteiger partial charge in [0.1, 0.15) is 0 Å². The Kier molecular flexibility index (Phi) is 3.42. The van der Waals surface area contributed by atoms with Gasteiger partial charge < -0.3 is 10.4 Å². The highest BCUT2D eigenvalue weighted by atomic mass is 16.4. The van der Waals surface area contributed by atoms with Gasteiger partial charge in [-0.25, -0.2) is 0 Å². The lowest BCUT2D eigenvalue weighted by Crippen LogP contribution is -2.38. The number of hydrogen-bond acceptors (Lipinski definition) is 2. The third-order valence-electron chi connectivity index (χ3n) is 2.94. The van der Waals surface area contributed by atoms with Crippen LogP contribution in [0.3, 0.4) is 0 Å². The van der Waals surface area contributed by atoms with Crippen LogP contribution in [0.5, 0.6) is 0 Å². The maximum atomic E-state index is 11.9. The van der Waals surface area contributed by atoms with Gasteiger partial charge in [-0.3, -0.25) is 9.59 Å². The molecule has 4 nitrogen and oxygen atoms in total. The summed E-state index contributed by atoms with van der Waals surface area (Å²) in [7, 11) is 0. The van der Waals surface area contributed by atoms with Crippen LogP contribution in [0.2, 0.25) is 0 Å². The molecule has 1 aromatic rings. The van der Waals surface area contributed by atoms with E-state index >= 15 is 0 Å². The molecule has 1 fully saturated rings. The minimum Gasteiger partial charge on any atom is -0.481 e. The molecule has 1 saturated carbocycles. The fraction of sp³-hybridized carbons (Fsp3) is 0.385. The molecule has 1 aliphatic rings. The van der Waals surface area contributed by atoms with Gasteiger partial charge >= 0.3 is 5.97 Å². The first-order valence-electron chi connectivity index (χ1n) is 5.74. The summed E-state index contributed by atoms with van der Waals surface area (Å²) >= 11 is 0. The fourth-order valence-electron chi connectivity index (χ4n) is 1.86. The van der Waals surface area contributed by atoms with Crippen molar-refractivity contribution >= 4 is 11.9 Å². The van der Waals surface area contributed by atoms with E-state index in [1.807, 2.05) is 6.07 Å². The molecule has 0 aromatic heterocycles. The predicted molar refractivity (Wildman–Crippen MR) is 62.7 cm³/mol. The molecular formula is C13H15NO3. The second kappa shape index (κ2) is 4.99. The SMILES string of the molecule is O=C(O)CC(NC(=O)c1ccccc1)C1CC1. The maximum Gasteiger partial charge on any atom is 0.305 e. The summed E-state index contributed by atoms with van der Waals surface area (Å²) in [6.07, 6.45) is 2.02. The molecule has 2 rings (SSSR count). The van der Waals surface area contributed by atoms with Crippen LogP contribution >= 0.6 is 0 Å². The van der Waals surface area contributed by atoms with E-state index in [1.165, 1.54) is 0 Å². The Labute approximate surface area is 99.6 Å². The molecule has 1 aromatic carbocycles. The molecule has 0 bridgehead atoms. The third-order valence-corrected chi connectivity index (χ3v) is 2.94. The summed E-state index contributed by atoms with van der Waals surface area (Å²) in [5.74, 6) is -0.724. The molecule has 0 aliphatic heterocycles. The van der Waals surface area contributed by atoms with E-state index < -0.39 is 5.97 Å². The molecular weight excluding hydrogens is 218 g/mol. The number of nitrogens with one attached hydrogen (secondary N) is 1. The molecule has 4 heteroatoms. The number of carbonyl (C=O) groups excluding carboxylic acids is 1. The molecule has 2 N–H and O–H groups in total. The Bertz CT molecular complexity index is 412. The maximum absolute atomic E-state index is 11.9. The average molecular weight is 233 g/mol. The van der Waals surface area contributed by atoms with Crippen molar-refractivity contribution in [3.8, 4) is 0 Å². The fourth-order valence-corrected chi connectivity index (χ4v) is 1.86. The molecule has 90 valence electrons. The molecule has 1 amide bonds. The Balaban J connectivity index is 1.98. The second-order valence-corrected chi connectivity index (χ2v) is 4.38. The Morgan fingerprint density at radius 3 is 2.47 bits per heavy atom. The molecule has 17 heavy (non-hydrogen) atoms. The van der Waals surface area contributed by atoms with E-state index in [0.717, 1.165) is 12.8 Å². The number of amides is 1. The predicted octanol–water partition coefficient (Wildman–Crippen LogP) is 1.67. The third kappa shape index (κ3) is 3.31. The zero-order valence-corrected chi connectivity index (χ0v) is 9.43. The van der Waals surface area contributed by atoms with Crippen molar-refractivity contribution in [1.82, 2.24) is 5.32 Å². The smallest absolute Gasteiger partial charge is 0.305 e. The van der Waals surface area contributed by atoms with Crippen molar-refractivity contribution in [3.05, 3.63) is 35.9 Å². The lowest BCUT2D eigenvalue weighted by atomic mass is 10.1. The highest BCUT2D eigenvalue weighted by Gasteiger charge is 2.33. The molecule has 1 unspecified atom stereocenters. The number of carbonyl (C=O) groups is 2. The van der Waals surface area contributed by atoms with Crippen molar-refractivity contribution in [3.63, 3.8) is 0 Å². The second-order valence-electron chi connectivity index (χ2n) is 4.38. The first-order valence-corrected chi connectivity index (χ1v) is 5.74. The van der Waals surface area contributed by atoms with Crippen LogP contribution in [0.1, 0.15) is 29.6 Å². The minimum absolute atomic E-state index is 0.00321. The molecule has 0 heterocycles. The minimum atomic E-state index is -0.865. The number of carboxylic acids is 1. The molecule has 1 aliphatic carbocycles. The van der Waals surface area contributed by atoms with Gasteiger partial charge in [-0.2, -0.15) is 0 Å². The number of hydrogen-bond donors (Lipinski definition) is 2. The van der Waals surface area contributed by atoms with Gasteiger partial charge in [-0.1, -0.05) is 18.2 Å². The van der Waals surface area contributed by atoms with E-state index in [4.69, 9.17) is 5.11 Å². The zero-order chi connectivity index (χ0) is 12.3. The van der Waals surface area contributed by atoms with E-state index in [1.54, 1.807) is 24.3 Å². The monoisotopic (exact) mass is 233 g/mol. The van der Waals surface area contributed by atoms with Crippen molar-refractivity contribution in [2.24, 2.45) is 5.92 Å². The van der Waals surface area contributed by atoms with Gasteiger partial charge in [-0.15, -0.1) is 0 Å². The van der Waals surface area contributed by atoms with Crippen LogP contribution in [0.4, 0.5) is 0 Å². The summed E-state index contributed by atoms with van der Waals surface area (Å²) in [6.45, 7) is 0. The van der Waals surface area contributed by atoms with Crippen molar-refractivity contribution < 1.29 is 14.7 Å². The van der Waals surface area contributed by atoms with Gasteiger partial charge in [0, 0.05) is 11.6 Å². The number of aliphatic carboxylic acids is 1. The molecule has 0 saturated heterocycles. The summed E-state index contributed by atoms with van der Waals surface area (Å²) in [5, 5.41) is 11.6. The van der Waals surface area contributed by atoms with Crippen molar-refractivity contribution in [2.45, 2.75) is 25.3 Å². The lowest BCUT2D eigenvalue weighted by Gasteiger charge is -2.16. The highest BCUT2D eigenvalue weighted by molar-refractivity contribution is 5.94. The van der Waals surface area contributed by atoms with Crippen LogP contribution in [0, 0.1) is 5.92 Å². The summed E-state index contributed by atoms with van der Waals surface area (Å²) < 4.78 is 0. The standard InChI is InChI=1S/C13H15NO3/c15-12(16)8-11(9-6-7-9)14-13(17)10-4-2-1-3-5-10/h1-5,9,11H,6-8H2,(H,14,17)(H,15,16). The van der Waals surface area contributed by atoms with Gasteiger partial charge in [-0.05, 0) is 30.9 Å². The van der Waals surface area contributed by atoms with E-state index in [2.05, 4.69) is 5.32 Å². The van der Waals surface area contributed by atoms with E-state index in [9.17, 15) is 9.59 Å². The number of rotatable bonds is 5. The van der Waals surface area contributed by atoms with Crippen molar-refractivity contribution in [1.29, 1.82) is 0 Å². The van der Waals surface area contributed by atoms with Crippen LogP contribution in [0.25, 0.3) is 0 Å². The Morgan fingerprint density at radius 1 is 1.29 bits per heavy atom. The van der Waals surface area contributed by atoms with Crippen LogP contribution in [-0.2, 0) is 4.79 Å². The largest absolute Gasteiger partial charge is 0.481 e. The van der Waals surface area contributed by atoms with E-state index in [0.29, 0.717) is 11.5 Å². The molecule has 0 radical (unpaired) electrons.